The Labute approximate surface area is 138 Å². The number of sulfonamides is 1. The summed E-state index contributed by atoms with van der Waals surface area (Å²) in [6, 6.07) is 7.83. The molecule has 1 aromatic heterocycles. The van der Waals surface area contributed by atoms with Crippen LogP contribution in [-0.4, -0.2) is 29.7 Å². The molecule has 0 spiro atoms. The number of nitrogens with zero attached hydrogens (tertiary/aromatic N) is 1. The third-order valence-corrected chi connectivity index (χ3v) is 5.28. The second-order valence-electron chi connectivity index (χ2n) is 5.48. The molecule has 3 aromatic rings. The zero-order chi connectivity index (χ0) is 17.5. The third-order valence-electron chi connectivity index (χ3n) is 3.77. The van der Waals surface area contributed by atoms with E-state index in [1.165, 1.54) is 12.3 Å². The molecule has 124 valence electrons. The lowest BCUT2D eigenvalue weighted by molar-refractivity contribution is 0.0696. The van der Waals surface area contributed by atoms with Crippen LogP contribution in [0.5, 0.6) is 0 Å². The van der Waals surface area contributed by atoms with Crippen molar-refractivity contribution in [1.29, 1.82) is 0 Å². The van der Waals surface area contributed by atoms with E-state index in [-0.39, 0.29) is 10.5 Å². The van der Waals surface area contributed by atoms with Crippen LogP contribution in [0.1, 0.15) is 21.5 Å². The van der Waals surface area contributed by atoms with E-state index < -0.39 is 16.0 Å². The quantitative estimate of drug-likeness (QED) is 0.673. The summed E-state index contributed by atoms with van der Waals surface area (Å²) in [4.78, 5) is 11.2. The van der Waals surface area contributed by atoms with Gasteiger partial charge in [-0.25, -0.2) is 13.2 Å². The van der Waals surface area contributed by atoms with Crippen LogP contribution in [0.15, 0.2) is 41.4 Å². The molecule has 0 aliphatic heterocycles. The van der Waals surface area contributed by atoms with Crippen molar-refractivity contribution in [2.45, 2.75) is 18.7 Å². The maximum atomic E-state index is 12.7. The Balaban J connectivity index is 2.10. The molecule has 0 saturated carbocycles. The summed E-state index contributed by atoms with van der Waals surface area (Å²) in [5.41, 5.74) is 2.02. The standard InChI is InChI=1S/C16H15N3O4S/c1-9-6-10(2)15(7-11(9)16(20)21)24(22,23)19-14-5-3-4-13-12(14)8-17-18-13/h3-8,19H,1-2H3,(H,17,18)(H,20,21). The highest BCUT2D eigenvalue weighted by Gasteiger charge is 2.21. The first kappa shape index (κ1) is 16.0. The number of carboxylic acid groups (broad SMARTS) is 1. The number of carbonyl (C=O) groups is 1. The van der Waals surface area contributed by atoms with Gasteiger partial charge >= 0.3 is 5.97 Å². The third kappa shape index (κ3) is 2.71. The fraction of sp³-hybridized carbons (Fsp3) is 0.125. The first-order chi connectivity index (χ1) is 11.3. The monoisotopic (exact) mass is 345 g/mol. The first-order valence-electron chi connectivity index (χ1n) is 7.09. The molecule has 0 bridgehead atoms. The molecule has 0 unspecified atom stereocenters. The van der Waals surface area contributed by atoms with Crippen LogP contribution < -0.4 is 4.72 Å². The lowest BCUT2D eigenvalue weighted by Gasteiger charge is -2.13. The van der Waals surface area contributed by atoms with Gasteiger partial charge in [0.05, 0.1) is 27.9 Å². The van der Waals surface area contributed by atoms with Crippen molar-refractivity contribution in [3.63, 3.8) is 0 Å². The van der Waals surface area contributed by atoms with Crippen molar-refractivity contribution in [1.82, 2.24) is 10.2 Å². The van der Waals surface area contributed by atoms with Gasteiger partial charge < -0.3 is 5.11 Å². The Bertz CT molecular complexity index is 1050. The normalized spacial score (nSPS) is 11.6. The lowest BCUT2D eigenvalue weighted by atomic mass is 10.1. The molecule has 24 heavy (non-hydrogen) atoms. The molecule has 8 heteroatoms. The SMILES string of the molecule is Cc1cc(C)c(S(=O)(=O)Nc2cccc3[nH]ncc23)cc1C(=O)O. The van der Waals surface area contributed by atoms with E-state index in [1.54, 1.807) is 38.1 Å². The maximum absolute atomic E-state index is 12.7. The van der Waals surface area contributed by atoms with Gasteiger partial charge in [0.2, 0.25) is 0 Å². The van der Waals surface area contributed by atoms with Crippen LogP contribution in [0.3, 0.4) is 0 Å². The van der Waals surface area contributed by atoms with Gasteiger partial charge in [0.15, 0.2) is 0 Å². The predicted molar refractivity (Wildman–Crippen MR) is 89.8 cm³/mol. The fourth-order valence-electron chi connectivity index (χ4n) is 2.61. The Morgan fingerprint density at radius 3 is 2.67 bits per heavy atom. The summed E-state index contributed by atoms with van der Waals surface area (Å²) in [6.07, 6.45) is 1.53. The van der Waals surface area contributed by atoms with Crippen molar-refractivity contribution < 1.29 is 18.3 Å². The molecule has 0 amide bonds. The van der Waals surface area contributed by atoms with Gasteiger partial charge in [-0.15, -0.1) is 0 Å². The lowest BCUT2D eigenvalue weighted by Crippen LogP contribution is -2.16. The Morgan fingerprint density at radius 1 is 1.21 bits per heavy atom. The van der Waals surface area contributed by atoms with E-state index in [0.29, 0.717) is 27.7 Å². The van der Waals surface area contributed by atoms with Crippen molar-refractivity contribution >= 4 is 32.6 Å². The number of rotatable bonds is 4. The van der Waals surface area contributed by atoms with Crippen molar-refractivity contribution in [2.24, 2.45) is 0 Å². The highest BCUT2D eigenvalue weighted by molar-refractivity contribution is 7.92. The van der Waals surface area contributed by atoms with Crippen LogP contribution in [0.4, 0.5) is 5.69 Å². The zero-order valence-corrected chi connectivity index (χ0v) is 13.8. The number of carboxylic acids is 1. The molecule has 1 heterocycles. The van der Waals surface area contributed by atoms with Crippen LogP contribution >= 0.6 is 0 Å². The minimum atomic E-state index is -3.94. The van der Waals surface area contributed by atoms with E-state index in [1.807, 2.05) is 0 Å². The van der Waals surface area contributed by atoms with Crippen LogP contribution in [0.2, 0.25) is 0 Å². The molecule has 0 aliphatic rings. The molecule has 0 fully saturated rings. The number of H-pyrrole nitrogens is 1. The Morgan fingerprint density at radius 2 is 1.96 bits per heavy atom. The summed E-state index contributed by atoms with van der Waals surface area (Å²) in [7, 11) is -3.94. The number of aryl methyl sites for hydroxylation is 2. The highest BCUT2D eigenvalue weighted by atomic mass is 32.2. The van der Waals surface area contributed by atoms with Gasteiger partial charge in [-0.2, -0.15) is 5.10 Å². The molecule has 3 rings (SSSR count). The molecular weight excluding hydrogens is 330 g/mol. The number of aromatic amines is 1. The van der Waals surface area contributed by atoms with Gasteiger partial charge in [-0.05, 0) is 43.2 Å². The second kappa shape index (κ2) is 5.64. The van der Waals surface area contributed by atoms with E-state index in [2.05, 4.69) is 14.9 Å². The number of aromatic nitrogens is 2. The van der Waals surface area contributed by atoms with Crippen molar-refractivity contribution in [2.75, 3.05) is 4.72 Å². The second-order valence-corrected chi connectivity index (χ2v) is 7.13. The van der Waals surface area contributed by atoms with Crippen molar-refractivity contribution in [3.05, 3.63) is 53.2 Å². The van der Waals surface area contributed by atoms with Gasteiger partial charge in [0.1, 0.15) is 0 Å². The first-order valence-corrected chi connectivity index (χ1v) is 8.57. The smallest absolute Gasteiger partial charge is 0.335 e. The number of nitrogens with one attached hydrogen (secondary N) is 2. The average molecular weight is 345 g/mol. The van der Waals surface area contributed by atoms with E-state index in [0.717, 1.165) is 0 Å². The van der Waals surface area contributed by atoms with Gasteiger partial charge in [0, 0.05) is 5.39 Å². The van der Waals surface area contributed by atoms with Crippen LogP contribution in [-0.2, 0) is 10.0 Å². The molecular formula is C16H15N3O4S. The maximum Gasteiger partial charge on any atom is 0.335 e. The molecule has 0 aliphatic carbocycles. The summed E-state index contributed by atoms with van der Waals surface area (Å²) in [5, 5.41) is 16.5. The average Bonchev–Trinajstić information content (AvgIpc) is 2.95. The number of anilines is 1. The predicted octanol–water partition coefficient (Wildman–Crippen LogP) is 2.68. The number of hydrogen-bond acceptors (Lipinski definition) is 4. The van der Waals surface area contributed by atoms with E-state index in [4.69, 9.17) is 0 Å². The van der Waals surface area contributed by atoms with Crippen molar-refractivity contribution in [3.8, 4) is 0 Å². The van der Waals surface area contributed by atoms with E-state index >= 15 is 0 Å². The van der Waals surface area contributed by atoms with Crippen LogP contribution in [0.25, 0.3) is 10.9 Å². The zero-order valence-electron chi connectivity index (χ0n) is 13.0. The summed E-state index contributed by atoms with van der Waals surface area (Å²) in [6.45, 7) is 3.26. The number of hydrogen-bond donors (Lipinski definition) is 3. The summed E-state index contributed by atoms with van der Waals surface area (Å²) >= 11 is 0. The minimum Gasteiger partial charge on any atom is -0.478 e. The molecule has 0 atom stereocenters. The minimum absolute atomic E-state index is 0.0394. The Hall–Kier alpha value is -2.87. The molecule has 0 saturated heterocycles. The molecule has 0 radical (unpaired) electrons. The van der Waals surface area contributed by atoms with Gasteiger partial charge in [-0.3, -0.25) is 9.82 Å². The summed E-state index contributed by atoms with van der Waals surface area (Å²) < 4.78 is 28.0. The fourth-order valence-corrected chi connectivity index (χ4v) is 3.94. The van der Waals surface area contributed by atoms with E-state index in [9.17, 15) is 18.3 Å². The Kier molecular flexibility index (Phi) is 3.76. The summed E-state index contributed by atoms with van der Waals surface area (Å²) in [5.74, 6) is -1.17. The van der Waals surface area contributed by atoms with Gasteiger partial charge in [0.25, 0.3) is 10.0 Å². The molecule has 3 N–H and O–H groups in total. The topological polar surface area (TPSA) is 112 Å². The largest absolute Gasteiger partial charge is 0.478 e. The number of aromatic carboxylic acids is 1. The molecule has 7 nitrogen and oxygen atoms in total. The van der Waals surface area contributed by atoms with Crippen LogP contribution in [0, 0.1) is 13.8 Å². The number of benzene rings is 2. The molecule has 2 aromatic carbocycles. The van der Waals surface area contributed by atoms with Gasteiger partial charge in [-0.1, -0.05) is 12.1 Å². The highest BCUT2D eigenvalue weighted by Crippen LogP contribution is 2.27. The number of fused-ring (bicyclic) bond motifs is 1.